The molecular weight excluding hydrogens is 161 g/mol. The van der Waals surface area contributed by atoms with E-state index in [9.17, 15) is 0 Å². The summed E-state index contributed by atoms with van der Waals surface area (Å²) >= 11 is -0.194. The van der Waals surface area contributed by atoms with Gasteiger partial charge in [-0.15, -0.1) is 0 Å². The Morgan fingerprint density at radius 3 is 2.25 bits per heavy atom. The topological polar surface area (TPSA) is 17.1 Å². The van der Waals surface area contributed by atoms with Crippen LogP contribution in [0.4, 0.5) is 0 Å². The van der Waals surface area contributed by atoms with E-state index in [4.69, 9.17) is 14.7 Å². The summed E-state index contributed by atoms with van der Waals surface area (Å²) in [6.45, 7) is 0. The van der Waals surface area contributed by atoms with Gasteiger partial charge in [0.1, 0.15) is 0 Å². The molecule has 0 amide bonds. The van der Waals surface area contributed by atoms with Gasteiger partial charge in [-0.25, -0.2) is 0 Å². The fourth-order valence-corrected chi connectivity index (χ4v) is 0. The Morgan fingerprint density at radius 1 is 2.00 bits per heavy atom. The second-order valence-corrected chi connectivity index (χ2v) is 4.39. The summed E-state index contributed by atoms with van der Waals surface area (Å²) in [5.74, 6) is 0. The average molecular weight is 161 g/mol. The number of halogens is 1. The fraction of sp³-hybridized carbons (Fsp3) is 0. The molecule has 0 N–H and O–H groups in total. The first-order chi connectivity index (χ1) is 1.91. The summed E-state index contributed by atoms with van der Waals surface area (Å²) in [6, 6.07) is 0. The Hall–Kier alpha value is 0.909. The van der Waals surface area contributed by atoms with Crippen LogP contribution in [0.2, 0.25) is 0 Å². The standard InChI is InChI=1S/ClOPSe/c1-4-3-2. The monoisotopic (exact) mass is 162 g/mol. The van der Waals surface area contributed by atoms with Gasteiger partial charge in [-0.05, 0) is 0 Å². The van der Waals surface area contributed by atoms with Crippen molar-refractivity contribution in [2.75, 3.05) is 0 Å². The van der Waals surface area contributed by atoms with Crippen LogP contribution in [0.1, 0.15) is 0 Å². The van der Waals surface area contributed by atoms with Crippen LogP contribution in [0, 0.1) is 0 Å². The minimum absolute atomic E-state index is 0.0764. The Balaban J connectivity index is 2.30. The van der Waals surface area contributed by atoms with Crippen LogP contribution in [-0.4, -0.2) is 13.6 Å². The Bertz CT molecular complexity index is 22.0. The molecule has 0 bridgehead atoms. The summed E-state index contributed by atoms with van der Waals surface area (Å²) < 4.78 is 9.17. The molecule has 4 heteroatoms. The van der Waals surface area contributed by atoms with Crippen molar-refractivity contribution >= 4 is 30.9 Å². The third-order valence-electron chi connectivity index (χ3n) is 0.0282. The van der Waals surface area contributed by atoms with E-state index in [0.717, 1.165) is 0 Å². The van der Waals surface area contributed by atoms with E-state index in [2.05, 4.69) is 0 Å². The summed E-state index contributed by atoms with van der Waals surface area (Å²) in [5, 5.41) is 0. The third-order valence-corrected chi connectivity index (χ3v) is 1.32. The molecule has 0 saturated carbocycles. The molecule has 0 aliphatic carbocycles. The maximum absolute atomic E-state index is 9.17. The van der Waals surface area contributed by atoms with Crippen molar-refractivity contribution in [3.8, 4) is 0 Å². The summed E-state index contributed by atoms with van der Waals surface area (Å²) in [7, 11) is 5.00. The fourth-order valence-electron chi connectivity index (χ4n) is 0. The van der Waals surface area contributed by atoms with Crippen molar-refractivity contribution in [2.24, 2.45) is 0 Å². The summed E-state index contributed by atoms with van der Waals surface area (Å²) in [6.07, 6.45) is 0. The van der Waals surface area contributed by atoms with E-state index in [1.54, 1.807) is 0 Å². The van der Waals surface area contributed by atoms with Crippen LogP contribution >= 0.6 is 17.2 Å². The first-order valence-corrected chi connectivity index (χ1v) is 5.80. The number of hydrogen-bond acceptors (Lipinski definition) is 1. The second-order valence-electron chi connectivity index (χ2n) is 0.144. The molecule has 0 rings (SSSR count). The van der Waals surface area contributed by atoms with Crippen molar-refractivity contribution in [1.82, 2.24) is 0 Å². The predicted molar refractivity (Wildman–Crippen MR) is 19.2 cm³/mol. The first-order valence-electron chi connectivity index (χ1n) is 0.519. The van der Waals surface area contributed by atoms with Crippen LogP contribution in [0.5, 0.6) is 0 Å². The van der Waals surface area contributed by atoms with Crippen LogP contribution in [0.3, 0.4) is 0 Å². The SMILES string of the molecule is O=P[Se]Cl. The molecule has 24 valence electrons. The normalized spacial score (nSPS) is 8.25. The van der Waals surface area contributed by atoms with Gasteiger partial charge in [-0.1, -0.05) is 0 Å². The molecule has 0 atom stereocenters. The molecule has 0 unspecified atom stereocenters. The van der Waals surface area contributed by atoms with Gasteiger partial charge in [-0.3, -0.25) is 0 Å². The average Bonchev–Trinajstić information content (AvgIpc) is 1.37. The zero-order chi connectivity index (χ0) is 3.41. The van der Waals surface area contributed by atoms with Gasteiger partial charge in [0.05, 0.1) is 0 Å². The first kappa shape index (κ1) is 4.91. The minimum atomic E-state index is -0.194. The van der Waals surface area contributed by atoms with Gasteiger partial charge in [0.2, 0.25) is 0 Å². The maximum atomic E-state index is 9.17. The molecular formula is ClOPSe. The van der Waals surface area contributed by atoms with Crippen LogP contribution in [-0.2, 0) is 4.57 Å². The molecule has 0 fully saturated rings. The van der Waals surface area contributed by atoms with Gasteiger partial charge in [-0.2, -0.15) is 0 Å². The molecule has 4 heavy (non-hydrogen) atoms. The molecule has 0 saturated heterocycles. The quantitative estimate of drug-likeness (QED) is 0.415. The molecule has 0 aromatic carbocycles. The van der Waals surface area contributed by atoms with E-state index < -0.39 is 0 Å². The van der Waals surface area contributed by atoms with E-state index in [-0.39, 0.29) is 20.8 Å². The van der Waals surface area contributed by atoms with E-state index in [1.807, 2.05) is 0 Å². The summed E-state index contributed by atoms with van der Waals surface area (Å²) in [4.78, 5) is 0. The summed E-state index contributed by atoms with van der Waals surface area (Å²) in [5.41, 5.74) is 0. The Labute approximate surface area is 35.9 Å². The van der Waals surface area contributed by atoms with Crippen molar-refractivity contribution in [3.05, 3.63) is 0 Å². The molecule has 0 aliphatic rings. The van der Waals surface area contributed by atoms with E-state index in [1.165, 1.54) is 0 Å². The van der Waals surface area contributed by atoms with E-state index >= 15 is 0 Å². The van der Waals surface area contributed by atoms with Crippen LogP contribution < -0.4 is 0 Å². The van der Waals surface area contributed by atoms with Crippen molar-refractivity contribution in [3.63, 3.8) is 0 Å². The second kappa shape index (κ2) is 3.91. The Morgan fingerprint density at radius 2 is 2.25 bits per heavy atom. The molecule has 1 nitrogen and oxygen atoms in total. The molecule has 0 radical (unpaired) electrons. The third kappa shape index (κ3) is 2.91. The zero-order valence-electron chi connectivity index (χ0n) is 1.64. The number of rotatable bonds is 1. The van der Waals surface area contributed by atoms with Gasteiger partial charge in [0.15, 0.2) is 0 Å². The van der Waals surface area contributed by atoms with Crippen LogP contribution in [0.25, 0.3) is 0 Å². The molecule has 0 aromatic heterocycles. The molecule has 0 heterocycles. The zero-order valence-corrected chi connectivity index (χ0v) is 5.01. The molecule has 0 aliphatic heterocycles. The molecule has 0 aromatic rings. The molecule has 0 spiro atoms. The van der Waals surface area contributed by atoms with Crippen LogP contribution in [0.15, 0.2) is 0 Å². The predicted octanol–water partition coefficient (Wildman–Crippen LogP) is 1.05. The van der Waals surface area contributed by atoms with Gasteiger partial charge in [0.25, 0.3) is 0 Å². The van der Waals surface area contributed by atoms with Gasteiger partial charge in [0, 0.05) is 0 Å². The van der Waals surface area contributed by atoms with E-state index in [0.29, 0.717) is 0 Å². The van der Waals surface area contributed by atoms with Gasteiger partial charge < -0.3 is 0 Å². The van der Waals surface area contributed by atoms with Crippen molar-refractivity contribution in [2.45, 2.75) is 0 Å². The van der Waals surface area contributed by atoms with Gasteiger partial charge >= 0.3 is 35.4 Å². The van der Waals surface area contributed by atoms with Crippen molar-refractivity contribution < 1.29 is 4.57 Å². The number of hydrogen-bond donors (Lipinski definition) is 0. The Kier molecular flexibility index (Phi) is 4.80. The van der Waals surface area contributed by atoms with Crippen molar-refractivity contribution in [1.29, 1.82) is 0 Å².